The van der Waals surface area contributed by atoms with Crippen molar-refractivity contribution >= 4 is 32.8 Å². The molecule has 0 aliphatic heterocycles. The largest absolute Gasteiger partial charge is 0.458 e. The molecule has 1 atom stereocenters. The summed E-state index contributed by atoms with van der Waals surface area (Å²) < 4.78 is 13.2. The third-order valence-corrected chi connectivity index (χ3v) is 14.1. The summed E-state index contributed by atoms with van der Waals surface area (Å²) in [6.07, 6.45) is 12.6. The number of pyridine rings is 1. The Morgan fingerprint density at radius 1 is 0.593 bits per heavy atom. The number of aromatic nitrogens is 4. The van der Waals surface area contributed by atoms with Gasteiger partial charge in [-0.05, 0) is 132 Å². The van der Waals surface area contributed by atoms with Gasteiger partial charge < -0.3 is 13.9 Å². The highest BCUT2D eigenvalue weighted by molar-refractivity contribution is 6.10. The first-order chi connectivity index (χ1) is 29.1. The van der Waals surface area contributed by atoms with E-state index in [1.165, 1.54) is 65.1 Å². The van der Waals surface area contributed by atoms with Gasteiger partial charge in [-0.2, -0.15) is 0 Å². The van der Waals surface area contributed by atoms with E-state index in [1.807, 2.05) is 17.7 Å². The average Bonchev–Trinajstić information content (AvgIpc) is 3.79. The molecule has 4 saturated carbocycles. The lowest BCUT2D eigenvalue weighted by Crippen LogP contribution is -2.47. The van der Waals surface area contributed by atoms with E-state index in [0.717, 1.165) is 68.7 Å². The maximum atomic E-state index is 6.73. The summed E-state index contributed by atoms with van der Waals surface area (Å²) in [6, 6.07) is 56.8. The van der Waals surface area contributed by atoms with E-state index in [0.29, 0.717) is 11.8 Å². The predicted octanol–water partition coefficient (Wildman–Crippen LogP) is 12.4. The van der Waals surface area contributed by atoms with Crippen molar-refractivity contribution < 1.29 is 9.30 Å². The highest BCUT2D eigenvalue weighted by Crippen LogP contribution is 2.61. The normalized spacial score (nSPS) is 21.4. The molecule has 4 aliphatic carbocycles. The van der Waals surface area contributed by atoms with Crippen LogP contribution in [-0.2, 0) is 7.05 Å². The van der Waals surface area contributed by atoms with Gasteiger partial charge in [-0.25, -0.2) is 4.98 Å². The third-order valence-electron chi connectivity index (χ3n) is 14.1. The zero-order valence-electron chi connectivity index (χ0n) is 33.3. The van der Waals surface area contributed by atoms with E-state index in [1.54, 1.807) is 0 Å². The lowest BCUT2D eigenvalue weighted by molar-refractivity contribution is -0.649. The average molecular weight is 767 g/mol. The molecule has 0 spiro atoms. The van der Waals surface area contributed by atoms with E-state index in [9.17, 15) is 0 Å². The summed E-state index contributed by atoms with van der Waals surface area (Å²) in [5.74, 6) is 6.96. The Bertz CT molecular complexity index is 2990. The number of aryl methyl sites for hydroxylation is 1. The number of hydrogen-bond acceptors (Lipinski definition) is 2. The molecule has 4 aliphatic rings. The van der Waals surface area contributed by atoms with Crippen molar-refractivity contribution in [2.45, 2.75) is 38.0 Å². The summed E-state index contributed by atoms with van der Waals surface area (Å²) in [6.45, 7) is 0. The van der Waals surface area contributed by atoms with Gasteiger partial charge in [0.15, 0.2) is 0 Å². The summed E-state index contributed by atoms with van der Waals surface area (Å²) in [5, 5.41) is 2.37. The molecule has 5 heteroatoms. The Kier molecular flexibility index (Phi) is 8.11. The molecule has 0 N–H and O–H groups in total. The standard InChI is InChI=1S/C54H46N4O/c1-56-34-57(50-18-9-8-17-49(50)56)43-15-10-16-44(32-43)59-45-20-21-46-47-30-39(37-11-4-2-5-12-37)19-22-48(47)58(51(46)33-45)52-31-40(23-24-55-52)53(38-13-6-3-7-14-38)54-41-26-35-25-36(28-41)29-42(54)27-35/h2-24,30-33,35-36,41-42,53-54H,25-29H2,1H3. The fourth-order valence-corrected chi connectivity index (χ4v) is 11.9. The minimum absolute atomic E-state index is 0.341. The first-order valence-electron chi connectivity index (χ1n) is 21.4. The highest BCUT2D eigenvalue weighted by atomic mass is 16.5. The van der Waals surface area contributed by atoms with Gasteiger partial charge in [-0.1, -0.05) is 103 Å². The molecule has 0 saturated heterocycles. The van der Waals surface area contributed by atoms with Crippen LogP contribution in [0.4, 0.5) is 0 Å². The molecule has 5 nitrogen and oxygen atoms in total. The van der Waals surface area contributed by atoms with E-state index in [-0.39, 0.29) is 0 Å². The molecule has 4 fully saturated rings. The van der Waals surface area contributed by atoms with Crippen LogP contribution in [0.15, 0.2) is 164 Å². The van der Waals surface area contributed by atoms with Crippen molar-refractivity contribution in [2.75, 3.05) is 0 Å². The summed E-state index contributed by atoms with van der Waals surface area (Å²) in [4.78, 5) is 5.17. The van der Waals surface area contributed by atoms with Crippen LogP contribution < -0.4 is 9.30 Å². The van der Waals surface area contributed by atoms with Gasteiger partial charge in [0.25, 0.3) is 0 Å². The van der Waals surface area contributed by atoms with Crippen LogP contribution in [-0.4, -0.2) is 14.1 Å². The number of benzene rings is 6. The number of para-hydroxylation sites is 2. The molecule has 9 aromatic rings. The molecular formula is C54H46N4O. The Labute approximate surface area is 345 Å². The number of rotatable bonds is 8. The predicted molar refractivity (Wildman–Crippen MR) is 236 cm³/mol. The fourth-order valence-electron chi connectivity index (χ4n) is 11.9. The van der Waals surface area contributed by atoms with Crippen molar-refractivity contribution in [3.8, 4) is 34.1 Å². The van der Waals surface area contributed by atoms with Crippen LogP contribution in [0.1, 0.15) is 49.1 Å². The Morgan fingerprint density at radius 3 is 2.15 bits per heavy atom. The Balaban J connectivity index is 0.987. The van der Waals surface area contributed by atoms with Gasteiger partial charge in [0, 0.05) is 29.0 Å². The van der Waals surface area contributed by atoms with Gasteiger partial charge in [0.1, 0.15) is 17.3 Å². The van der Waals surface area contributed by atoms with Crippen LogP contribution in [0.25, 0.3) is 55.5 Å². The smallest absolute Gasteiger partial charge is 0.244 e. The van der Waals surface area contributed by atoms with Crippen LogP contribution in [0, 0.1) is 35.9 Å². The van der Waals surface area contributed by atoms with Crippen molar-refractivity contribution in [2.24, 2.45) is 36.6 Å². The Hall–Kier alpha value is -6.46. The maximum Gasteiger partial charge on any atom is 0.244 e. The van der Waals surface area contributed by atoms with Gasteiger partial charge in [-0.15, -0.1) is 0 Å². The summed E-state index contributed by atoms with van der Waals surface area (Å²) in [7, 11) is 2.03. The monoisotopic (exact) mass is 766 g/mol. The lowest BCUT2D eigenvalue weighted by atomic mass is 9.48. The molecule has 13 rings (SSSR count). The van der Waals surface area contributed by atoms with Crippen molar-refractivity contribution in [1.82, 2.24) is 14.1 Å². The Morgan fingerprint density at radius 2 is 1.34 bits per heavy atom. The second-order valence-corrected chi connectivity index (χ2v) is 17.5. The van der Waals surface area contributed by atoms with Gasteiger partial charge in [0.2, 0.25) is 6.33 Å². The molecule has 288 valence electrons. The molecule has 6 aromatic carbocycles. The molecule has 0 amide bonds. The van der Waals surface area contributed by atoms with Crippen molar-refractivity contribution in [3.63, 3.8) is 0 Å². The zero-order valence-corrected chi connectivity index (χ0v) is 33.3. The summed E-state index contributed by atoms with van der Waals surface area (Å²) >= 11 is 0. The molecule has 1 unspecified atom stereocenters. The fraction of sp³-hybridized carbons (Fsp3) is 0.222. The summed E-state index contributed by atoms with van der Waals surface area (Å²) in [5.41, 5.74) is 10.6. The second-order valence-electron chi connectivity index (χ2n) is 17.5. The van der Waals surface area contributed by atoms with E-state index in [4.69, 9.17) is 9.72 Å². The topological polar surface area (TPSA) is 35.9 Å². The number of hydrogen-bond donors (Lipinski definition) is 0. The number of imidazole rings is 1. The minimum atomic E-state index is 0.341. The number of nitrogens with zero attached hydrogens (tertiary/aromatic N) is 4. The van der Waals surface area contributed by atoms with Crippen LogP contribution >= 0.6 is 0 Å². The number of ether oxygens (including phenoxy) is 1. The highest BCUT2D eigenvalue weighted by Gasteiger charge is 2.51. The molecule has 3 aromatic heterocycles. The number of fused-ring (bicyclic) bond motifs is 4. The molecule has 0 radical (unpaired) electrons. The van der Waals surface area contributed by atoms with Crippen LogP contribution in [0.2, 0.25) is 0 Å². The van der Waals surface area contributed by atoms with E-state index < -0.39 is 0 Å². The maximum absolute atomic E-state index is 6.73. The quantitative estimate of drug-likeness (QED) is 0.114. The zero-order chi connectivity index (χ0) is 39.0. The van der Waals surface area contributed by atoms with E-state index >= 15 is 0 Å². The molecule has 3 heterocycles. The van der Waals surface area contributed by atoms with Gasteiger partial charge in [-0.3, -0.25) is 4.57 Å². The van der Waals surface area contributed by atoms with Crippen molar-refractivity contribution in [3.05, 3.63) is 181 Å². The SMILES string of the molecule is C[n+]1[c-]n(-c2cccc(Oc3ccc4c5cc(-c6ccccc6)ccc5n(-c5cc(C(c6ccccc6)C6C7CC8CC(C7)CC6C8)ccn5)c4c3)c2)c2ccccc21. The van der Waals surface area contributed by atoms with E-state index in [2.05, 4.69) is 173 Å². The van der Waals surface area contributed by atoms with Gasteiger partial charge >= 0.3 is 0 Å². The second kappa shape index (κ2) is 13.8. The third kappa shape index (κ3) is 5.89. The van der Waals surface area contributed by atoms with Crippen molar-refractivity contribution in [1.29, 1.82) is 0 Å². The molecule has 59 heavy (non-hydrogen) atoms. The minimum Gasteiger partial charge on any atom is -0.458 e. The van der Waals surface area contributed by atoms with Gasteiger partial charge in [0.05, 0.1) is 34.8 Å². The molecular weight excluding hydrogens is 721 g/mol. The first-order valence-corrected chi connectivity index (χ1v) is 21.4. The van der Waals surface area contributed by atoms with Crippen LogP contribution in [0.5, 0.6) is 11.5 Å². The first kappa shape index (κ1) is 34.6. The van der Waals surface area contributed by atoms with Crippen LogP contribution in [0.3, 0.4) is 0 Å². The molecule has 4 bridgehead atoms. The lowest BCUT2D eigenvalue weighted by Gasteiger charge is -2.56.